The van der Waals surface area contributed by atoms with Crippen LogP contribution < -0.4 is 0 Å². The molecule has 0 bridgehead atoms. The maximum absolute atomic E-state index is 12.7. The topological polar surface area (TPSA) is 63.9 Å². The van der Waals surface area contributed by atoms with E-state index in [1.54, 1.807) is 5.51 Å². The van der Waals surface area contributed by atoms with Gasteiger partial charge >= 0.3 is 0 Å². The van der Waals surface area contributed by atoms with Gasteiger partial charge in [-0.15, -0.1) is 11.3 Å². The third kappa shape index (κ3) is 3.51. The average Bonchev–Trinajstić information content (AvgIpc) is 3.36. The van der Waals surface area contributed by atoms with E-state index in [4.69, 9.17) is 4.98 Å². The van der Waals surface area contributed by atoms with Crippen molar-refractivity contribution in [2.45, 2.75) is 39.0 Å². The Labute approximate surface area is 162 Å². The first-order valence-electron chi connectivity index (χ1n) is 9.36. The van der Waals surface area contributed by atoms with Gasteiger partial charge in [0.25, 0.3) is 5.91 Å². The summed E-state index contributed by atoms with van der Waals surface area (Å²) in [6.45, 7) is 5.52. The number of hydrogen-bond acceptors (Lipinski definition) is 5. The minimum Gasteiger partial charge on any atom is -0.338 e. The molecule has 0 unspecified atom stereocenters. The first-order valence-corrected chi connectivity index (χ1v) is 10.2. The monoisotopic (exact) mass is 381 g/mol. The van der Waals surface area contributed by atoms with Crippen molar-refractivity contribution < 1.29 is 4.79 Å². The number of pyridine rings is 1. The highest BCUT2D eigenvalue weighted by Gasteiger charge is 2.27. The molecule has 140 valence electrons. The van der Waals surface area contributed by atoms with Gasteiger partial charge in [-0.3, -0.25) is 9.36 Å². The Kier molecular flexibility index (Phi) is 5.03. The Balaban J connectivity index is 1.46. The number of carbonyl (C=O) groups is 1. The number of aromatic nitrogens is 4. The van der Waals surface area contributed by atoms with Gasteiger partial charge in [-0.05, 0) is 31.9 Å². The molecule has 4 heterocycles. The molecule has 0 radical (unpaired) electrons. The van der Waals surface area contributed by atoms with Crippen LogP contribution in [0.4, 0.5) is 0 Å². The predicted molar refractivity (Wildman–Crippen MR) is 105 cm³/mol. The Morgan fingerprint density at radius 1 is 1.26 bits per heavy atom. The second-order valence-electron chi connectivity index (χ2n) is 6.82. The van der Waals surface area contributed by atoms with Gasteiger partial charge in [0.15, 0.2) is 0 Å². The molecule has 0 aromatic carbocycles. The van der Waals surface area contributed by atoms with Crippen LogP contribution in [0, 0.1) is 6.92 Å². The number of nitrogens with zero attached hydrogens (tertiary/aromatic N) is 5. The molecule has 1 saturated heterocycles. The number of aryl methyl sites for hydroxylation is 2. The lowest BCUT2D eigenvalue weighted by molar-refractivity contribution is 0.0716. The predicted octanol–water partition coefficient (Wildman–Crippen LogP) is 3.61. The Bertz CT molecular complexity index is 939. The number of thiazole rings is 1. The summed E-state index contributed by atoms with van der Waals surface area (Å²) in [5.74, 6) is 2.42. The van der Waals surface area contributed by atoms with Gasteiger partial charge in [0, 0.05) is 43.5 Å². The molecule has 4 rings (SSSR count). The van der Waals surface area contributed by atoms with E-state index in [9.17, 15) is 4.79 Å². The van der Waals surface area contributed by atoms with Crippen molar-refractivity contribution in [2.75, 3.05) is 13.1 Å². The molecule has 1 amide bonds. The molecule has 27 heavy (non-hydrogen) atoms. The summed E-state index contributed by atoms with van der Waals surface area (Å²) in [5, 5.41) is 0. The smallest absolute Gasteiger partial charge is 0.265 e. The summed E-state index contributed by atoms with van der Waals surface area (Å²) >= 11 is 1.43. The number of amides is 1. The van der Waals surface area contributed by atoms with Crippen molar-refractivity contribution in [1.29, 1.82) is 0 Å². The highest BCUT2D eigenvalue weighted by molar-refractivity contribution is 7.11. The highest BCUT2D eigenvalue weighted by Crippen LogP contribution is 2.29. The normalized spacial score (nSPS) is 15.3. The summed E-state index contributed by atoms with van der Waals surface area (Å²) in [6.07, 6.45) is 6.52. The van der Waals surface area contributed by atoms with Crippen molar-refractivity contribution in [3.05, 3.63) is 58.2 Å². The first-order chi connectivity index (χ1) is 13.2. The lowest BCUT2D eigenvalue weighted by Gasteiger charge is -2.31. The second-order valence-corrected chi connectivity index (χ2v) is 7.68. The first kappa shape index (κ1) is 17.9. The van der Waals surface area contributed by atoms with E-state index in [1.165, 1.54) is 11.3 Å². The lowest BCUT2D eigenvalue weighted by atomic mass is 9.93. The van der Waals surface area contributed by atoms with Gasteiger partial charge in [0.05, 0.1) is 11.2 Å². The molecule has 0 spiro atoms. The molecular formula is C20H23N5OS. The van der Waals surface area contributed by atoms with Gasteiger partial charge < -0.3 is 4.90 Å². The Morgan fingerprint density at radius 2 is 2.07 bits per heavy atom. The molecule has 0 aliphatic carbocycles. The highest BCUT2D eigenvalue weighted by atomic mass is 32.1. The number of hydrogen-bond donors (Lipinski definition) is 0. The van der Waals surface area contributed by atoms with Crippen LogP contribution in [0.25, 0.3) is 5.82 Å². The summed E-state index contributed by atoms with van der Waals surface area (Å²) in [5.41, 5.74) is 3.67. The van der Waals surface area contributed by atoms with E-state index in [1.807, 2.05) is 30.3 Å². The molecule has 3 aromatic rings. The van der Waals surface area contributed by atoms with Gasteiger partial charge in [0.2, 0.25) is 0 Å². The zero-order valence-electron chi connectivity index (χ0n) is 15.6. The third-order valence-corrected chi connectivity index (χ3v) is 6.09. The zero-order chi connectivity index (χ0) is 18.8. The molecular weight excluding hydrogens is 358 g/mol. The van der Waals surface area contributed by atoms with Gasteiger partial charge in [-0.1, -0.05) is 13.0 Å². The standard InChI is InChI=1S/C20H23N5OS/c1-3-17-21-9-12-25(17)18-6-4-5-16(23-18)15-7-10-24(11-8-15)20(26)19-14(2)22-13-27-19/h4-6,9,12-13,15H,3,7-8,10-11H2,1-2H3. The number of piperidine rings is 1. The Morgan fingerprint density at radius 3 is 2.78 bits per heavy atom. The molecule has 1 aliphatic heterocycles. The van der Waals surface area contributed by atoms with E-state index < -0.39 is 0 Å². The fourth-order valence-corrected chi connectivity index (χ4v) is 4.40. The SMILES string of the molecule is CCc1nccn1-c1cccc(C2CCN(C(=O)c3scnc3C)CC2)n1. The van der Waals surface area contributed by atoms with E-state index in [0.29, 0.717) is 5.92 Å². The third-order valence-electron chi connectivity index (χ3n) is 5.18. The summed E-state index contributed by atoms with van der Waals surface area (Å²) < 4.78 is 2.05. The number of carbonyl (C=O) groups excluding carboxylic acids is 1. The van der Waals surface area contributed by atoms with Crippen LogP contribution in [0.1, 0.15) is 52.6 Å². The summed E-state index contributed by atoms with van der Waals surface area (Å²) in [4.78, 5) is 28.9. The van der Waals surface area contributed by atoms with Crippen LogP contribution in [0.5, 0.6) is 0 Å². The van der Waals surface area contributed by atoms with E-state index >= 15 is 0 Å². The molecule has 1 fully saturated rings. The van der Waals surface area contributed by atoms with Crippen LogP contribution in [-0.4, -0.2) is 43.4 Å². The lowest BCUT2D eigenvalue weighted by Crippen LogP contribution is -2.38. The van der Waals surface area contributed by atoms with Crippen LogP contribution in [-0.2, 0) is 6.42 Å². The quantitative estimate of drug-likeness (QED) is 0.692. The maximum Gasteiger partial charge on any atom is 0.265 e. The van der Waals surface area contributed by atoms with Gasteiger partial charge in [0.1, 0.15) is 16.5 Å². The molecule has 7 heteroatoms. The fraction of sp³-hybridized carbons (Fsp3) is 0.400. The van der Waals surface area contributed by atoms with Crippen LogP contribution in [0.15, 0.2) is 36.1 Å². The summed E-state index contributed by atoms with van der Waals surface area (Å²) in [6, 6.07) is 6.19. The van der Waals surface area contributed by atoms with Crippen molar-refractivity contribution >= 4 is 17.2 Å². The van der Waals surface area contributed by atoms with Crippen LogP contribution >= 0.6 is 11.3 Å². The molecule has 6 nitrogen and oxygen atoms in total. The van der Waals surface area contributed by atoms with E-state index in [2.05, 4.69) is 33.6 Å². The van der Waals surface area contributed by atoms with Crippen LogP contribution in [0.3, 0.4) is 0 Å². The Hall–Kier alpha value is -2.54. The molecule has 0 N–H and O–H groups in total. The fourth-order valence-electron chi connectivity index (χ4n) is 3.63. The minimum absolute atomic E-state index is 0.112. The molecule has 0 atom stereocenters. The maximum atomic E-state index is 12.7. The van der Waals surface area contributed by atoms with Crippen molar-refractivity contribution in [1.82, 2.24) is 24.4 Å². The molecule has 1 aliphatic rings. The minimum atomic E-state index is 0.112. The summed E-state index contributed by atoms with van der Waals surface area (Å²) in [7, 11) is 0. The van der Waals surface area contributed by atoms with Crippen molar-refractivity contribution in [2.24, 2.45) is 0 Å². The van der Waals surface area contributed by atoms with Gasteiger partial charge in [-0.2, -0.15) is 0 Å². The number of rotatable bonds is 4. The molecule has 0 saturated carbocycles. The van der Waals surface area contributed by atoms with Crippen LogP contribution in [0.2, 0.25) is 0 Å². The number of likely N-dealkylation sites (tertiary alicyclic amines) is 1. The van der Waals surface area contributed by atoms with Crippen molar-refractivity contribution in [3.8, 4) is 5.82 Å². The largest absolute Gasteiger partial charge is 0.338 e. The molecule has 3 aromatic heterocycles. The number of imidazole rings is 1. The van der Waals surface area contributed by atoms with Gasteiger partial charge in [-0.25, -0.2) is 15.0 Å². The van der Waals surface area contributed by atoms with Crippen molar-refractivity contribution in [3.63, 3.8) is 0 Å². The zero-order valence-corrected chi connectivity index (χ0v) is 16.4. The van der Waals surface area contributed by atoms with E-state index in [-0.39, 0.29) is 5.91 Å². The van der Waals surface area contributed by atoms with E-state index in [0.717, 1.165) is 60.3 Å². The second kappa shape index (κ2) is 7.60. The average molecular weight is 382 g/mol.